The molecule has 3 heteroatoms. The summed E-state index contributed by atoms with van der Waals surface area (Å²) in [6, 6.07) is 0. The molecule has 100 valence electrons. The van der Waals surface area contributed by atoms with Crippen molar-refractivity contribution < 1.29 is 9.84 Å². The molecule has 2 fully saturated rings. The van der Waals surface area contributed by atoms with E-state index in [9.17, 15) is 5.11 Å². The zero-order valence-corrected chi connectivity index (χ0v) is 11.4. The number of β-amino-alcohol motifs (C(OH)–C–C–N with tert-alkyl or cyclic N) is 1. The van der Waals surface area contributed by atoms with Gasteiger partial charge in [0.1, 0.15) is 0 Å². The van der Waals surface area contributed by atoms with Crippen molar-refractivity contribution in [2.75, 3.05) is 26.7 Å². The average Bonchev–Trinajstić information content (AvgIpc) is 2.29. The first-order valence-corrected chi connectivity index (χ1v) is 7.05. The molecule has 1 N–H and O–H groups in total. The van der Waals surface area contributed by atoms with Gasteiger partial charge in [-0.25, -0.2) is 0 Å². The molecule has 1 unspecified atom stereocenters. The van der Waals surface area contributed by atoms with Crippen LogP contribution in [0.3, 0.4) is 0 Å². The van der Waals surface area contributed by atoms with Gasteiger partial charge in [-0.05, 0) is 39.2 Å². The second-order valence-electron chi connectivity index (χ2n) is 6.25. The lowest BCUT2D eigenvalue weighted by molar-refractivity contribution is -0.0828. The highest BCUT2D eigenvalue weighted by molar-refractivity contribution is 4.91. The van der Waals surface area contributed by atoms with Crippen LogP contribution in [0.15, 0.2) is 0 Å². The maximum absolute atomic E-state index is 10.6. The average molecular weight is 241 g/mol. The van der Waals surface area contributed by atoms with Crippen molar-refractivity contribution >= 4 is 0 Å². The fourth-order valence-corrected chi connectivity index (χ4v) is 3.39. The van der Waals surface area contributed by atoms with Crippen LogP contribution in [0.4, 0.5) is 0 Å². The molecule has 2 rings (SSSR count). The highest BCUT2D eigenvalue weighted by Gasteiger charge is 2.36. The summed E-state index contributed by atoms with van der Waals surface area (Å²) in [4.78, 5) is 2.40. The molecule has 1 aliphatic heterocycles. The molecule has 3 nitrogen and oxygen atoms in total. The summed E-state index contributed by atoms with van der Waals surface area (Å²) < 4.78 is 5.61. The summed E-state index contributed by atoms with van der Waals surface area (Å²) in [6.45, 7) is 5.10. The Bertz CT molecular complexity index is 251. The lowest BCUT2D eigenvalue weighted by Crippen LogP contribution is -2.53. The van der Waals surface area contributed by atoms with E-state index in [1.165, 1.54) is 25.7 Å². The van der Waals surface area contributed by atoms with Crippen molar-refractivity contribution in [3.8, 4) is 0 Å². The molecular weight excluding hydrogens is 214 g/mol. The van der Waals surface area contributed by atoms with Gasteiger partial charge < -0.3 is 9.84 Å². The number of piperidine rings is 1. The molecule has 0 aromatic carbocycles. The molecule has 1 saturated heterocycles. The summed E-state index contributed by atoms with van der Waals surface area (Å²) in [5, 5.41) is 10.6. The Balaban J connectivity index is 1.89. The largest absolute Gasteiger partial charge is 0.389 e. The van der Waals surface area contributed by atoms with E-state index in [1.54, 1.807) is 7.11 Å². The topological polar surface area (TPSA) is 32.7 Å². The second-order valence-corrected chi connectivity index (χ2v) is 6.25. The van der Waals surface area contributed by atoms with Crippen LogP contribution in [0.2, 0.25) is 0 Å². The number of likely N-dealkylation sites (tertiary alicyclic amines) is 1. The molecule has 1 saturated carbocycles. The van der Waals surface area contributed by atoms with E-state index in [4.69, 9.17) is 4.74 Å². The van der Waals surface area contributed by atoms with Gasteiger partial charge >= 0.3 is 0 Å². The number of ether oxygens (including phenoxy) is 1. The fraction of sp³-hybridized carbons (Fsp3) is 1.00. The summed E-state index contributed by atoms with van der Waals surface area (Å²) in [5.41, 5.74) is -0.437. The quantitative estimate of drug-likeness (QED) is 0.822. The van der Waals surface area contributed by atoms with E-state index >= 15 is 0 Å². The van der Waals surface area contributed by atoms with Crippen LogP contribution in [0, 0.1) is 0 Å². The Morgan fingerprint density at radius 2 is 1.82 bits per heavy atom. The van der Waals surface area contributed by atoms with E-state index in [2.05, 4.69) is 11.8 Å². The number of hydrogen-bond acceptors (Lipinski definition) is 3. The minimum atomic E-state index is -0.426. The number of rotatable bonds is 3. The summed E-state index contributed by atoms with van der Waals surface area (Å²) in [7, 11) is 1.80. The van der Waals surface area contributed by atoms with Crippen LogP contribution in [-0.4, -0.2) is 48.0 Å². The Morgan fingerprint density at radius 3 is 2.47 bits per heavy atom. The Kier molecular flexibility index (Phi) is 4.11. The van der Waals surface area contributed by atoms with Crippen molar-refractivity contribution in [1.29, 1.82) is 0 Å². The first-order valence-electron chi connectivity index (χ1n) is 7.05. The predicted molar refractivity (Wildman–Crippen MR) is 69.1 cm³/mol. The Labute approximate surface area is 105 Å². The molecule has 0 amide bonds. The number of aliphatic hydroxyl groups is 1. The van der Waals surface area contributed by atoms with Gasteiger partial charge in [0.15, 0.2) is 0 Å². The monoisotopic (exact) mass is 241 g/mol. The zero-order valence-electron chi connectivity index (χ0n) is 11.4. The molecule has 0 spiro atoms. The van der Waals surface area contributed by atoms with E-state index in [0.717, 1.165) is 38.9 Å². The fourth-order valence-electron chi connectivity index (χ4n) is 3.39. The SMILES string of the molecule is COC1(C)CCCN(CC2(O)CCCCC2)C1. The van der Waals surface area contributed by atoms with E-state index < -0.39 is 5.60 Å². The minimum Gasteiger partial charge on any atom is -0.389 e. The van der Waals surface area contributed by atoms with E-state index in [0.29, 0.717) is 0 Å². The number of hydrogen-bond donors (Lipinski definition) is 1. The van der Waals surface area contributed by atoms with Crippen LogP contribution < -0.4 is 0 Å². The predicted octanol–water partition coefficient (Wildman–Crippen LogP) is 2.18. The summed E-state index contributed by atoms with van der Waals surface area (Å²) in [5.74, 6) is 0. The second kappa shape index (κ2) is 5.25. The standard InChI is InChI=1S/C14H27NO2/c1-13(17-2)7-6-10-15(11-13)12-14(16)8-4-3-5-9-14/h16H,3-12H2,1-2H3. The zero-order chi connectivity index (χ0) is 12.4. The van der Waals surface area contributed by atoms with Gasteiger partial charge in [0.05, 0.1) is 11.2 Å². The molecule has 0 radical (unpaired) electrons. The molecular formula is C14H27NO2. The molecule has 17 heavy (non-hydrogen) atoms. The van der Waals surface area contributed by atoms with Crippen LogP contribution >= 0.6 is 0 Å². The normalized spacial score (nSPS) is 34.8. The molecule has 0 aromatic rings. The number of nitrogens with zero attached hydrogens (tertiary/aromatic N) is 1. The third kappa shape index (κ3) is 3.43. The van der Waals surface area contributed by atoms with Gasteiger partial charge in [0.25, 0.3) is 0 Å². The highest BCUT2D eigenvalue weighted by Crippen LogP contribution is 2.31. The molecule has 1 aliphatic carbocycles. The van der Waals surface area contributed by atoms with Crippen molar-refractivity contribution in [3.63, 3.8) is 0 Å². The third-order valence-electron chi connectivity index (χ3n) is 4.53. The van der Waals surface area contributed by atoms with Crippen LogP contribution in [0.1, 0.15) is 51.9 Å². The van der Waals surface area contributed by atoms with Crippen LogP contribution in [-0.2, 0) is 4.74 Å². The third-order valence-corrected chi connectivity index (χ3v) is 4.53. The van der Waals surface area contributed by atoms with Gasteiger partial charge in [-0.2, -0.15) is 0 Å². The maximum Gasteiger partial charge on any atom is 0.0777 e. The Morgan fingerprint density at radius 1 is 1.12 bits per heavy atom. The van der Waals surface area contributed by atoms with E-state index in [-0.39, 0.29) is 5.60 Å². The van der Waals surface area contributed by atoms with Crippen LogP contribution in [0.25, 0.3) is 0 Å². The Hall–Kier alpha value is -0.120. The van der Waals surface area contributed by atoms with Crippen LogP contribution in [0.5, 0.6) is 0 Å². The maximum atomic E-state index is 10.6. The van der Waals surface area contributed by atoms with Crippen molar-refractivity contribution in [2.24, 2.45) is 0 Å². The number of methoxy groups -OCH3 is 1. The smallest absolute Gasteiger partial charge is 0.0777 e. The molecule has 1 heterocycles. The molecule has 0 aromatic heterocycles. The molecule has 1 atom stereocenters. The lowest BCUT2D eigenvalue weighted by Gasteiger charge is -2.43. The van der Waals surface area contributed by atoms with Gasteiger partial charge in [-0.1, -0.05) is 19.3 Å². The summed E-state index contributed by atoms with van der Waals surface area (Å²) in [6.07, 6.45) is 7.94. The summed E-state index contributed by atoms with van der Waals surface area (Å²) >= 11 is 0. The molecule has 0 bridgehead atoms. The van der Waals surface area contributed by atoms with Crippen molar-refractivity contribution in [1.82, 2.24) is 4.90 Å². The van der Waals surface area contributed by atoms with Gasteiger partial charge in [-0.3, -0.25) is 4.90 Å². The van der Waals surface area contributed by atoms with Gasteiger partial charge in [0, 0.05) is 20.2 Å². The highest BCUT2D eigenvalue weighted by atomic mass is 16.5. The minimum absolute atomic E-state index is 0.0106. The van der Waals surface area contributed by atoms with Gasteiger partial charge in [-0.15, -0.1) is 0 Å². The van der Waals surface area contributed by atoms with E-state index in [1.807, 2.05) is 0 Å². The first kappa shape index (κ1) is 13.3. The lowest BCUT2D eigenvalue weighted by atomic mass is 9.83. The first-order chi connectivity index (χ1) is 8.05. The van der Waals surface area contributed by atoms with Gasteiger partial charge in [0.2, 0.25) is 0 Å². The molecule has 2 aliphatic rings. The van der Waals surface area contributed by atoms with Crippen molar-refractivity contribution in [2.45, 2.75) is 63.1 Å². The van der Waals surface area contributed by atoms with Crippen molar-refractivity contribution in [3.05, 3.63) is 0 Å².